The quantitative estimate of drug-likeness (QED) is 0.417. The number of carbonyl (C=O) groups is 1. The van der Waals surface area contributed by atoms with Gasteiger partial charge in [-0.2, -0.15) is 4.89 Å². The number of carbonyl (C=O) groups excluding carboxylic acids is 1. The molecule has 0 aliphatic heterocycles. The van der Waals surface area contributed by atoms with Crippen molar-refractivity contribution in [3.05, 3.63) is 39.5 Å². The summed E-state index contributed by atoms with van der Waals surface area (Å²) in [6, 6.07) is 0. The molecule has 1 radical (unpaired) electrons. The van der Waals surface area contributed by atoms with E-state index in [1.165, 1.54) is 50.5 Å². The zero-order valence-electron chi connectivity index (χ0n) is 18.0. The number of hydrogen-bond donors (Lipinski definition) is 0. The van der Waals surface area contributed by atoms with Crippen LogP contribution in [-0.2, 0) is 9.78 Å². The highest BCUT2D eigenvalue weighted by atomic mass is 17.2. The summed E-state index contributed by atoms with van der Waals surface area (Å²) < 4.78 is 0. The molecule has 1 aromatic rings. The van der Waals surface area contributed by atoms with E-state index in [-0.39, 0.29) is 5.97 Å². The van der Waals surface area contributed by atoms with Crippen LogP contribution in [0.25, 0.3) is 0 Å². The molecule has 0 unspecified atom stereocenters. The van der Waals surface area contributed by atoms with Crippen LogP contribution >= 0.6 is 0 Å². The van der Waals surface area contributed by atoms with E-state index in [2.05, 4.69) is 20.8 Å². The Hall–Kier alpha value is -1.35. The van der Waals surface area contributed by atoms with E-state index in [0.29, 0.717) is 5.56 Å². The fraction of sp³-hybridized carbons (Fsp3) is 0.667. The molecule has 151 valence electrons. The van der Waals surface area contributed by atoms with Gasteiger partial charge in [-0.15, -0.1) is 0 Å². The Balaban J connectivity index is 2.00. The molecule has 0 heterocycles. The molecule has 3 nitrogen and oxygen atoms in total. The summed E-state index contributed by atoms with van der Waals surface area (Å²) in [7, 11) is 0. The summed E-state index contributed by atoms with van der Waals surface area (Å²) in [5, 5.41) is 0. The van der Waals surface area contributed by atoms with E-state index in [4.69, 9.17) is 9.78 Å². The van der Waals surface area contributed by atoms with Gasteiger partial charge in [0.15, 0.2) is 0 Å². The van der Waals surface area contributed by atoms with E-state index in [0.717, 1.165) is 54.0 Å². The molecule has 0 amide bonds. The van der Waals surface area contributed by atoms with Gasteiger partial charge in [0, 0.05) is 0 Å². The summed E-state index contributed by atoms with van der Waals surface area (Å²) >= 11 is 0. The van der Waals surface area contributed by atoms with Crippen molar-refractivity contribution in [1.82, 2.24) is 0 Å². The first-order valence-corrected chi connectivity index (χ1v) is 10.7. The highest BCUT2D eigenvalue weighted by molar-refractivity contribution is 5.93. The van der Waals surface area contributed by atoms with Gasteiger partial charge in [0.05, 0.1) is 5.56 Å². The Labute approximate surface area is 165 Å². The van der Waals surface area contributed by atoms with Crippen LogP contribution in [0.3, 0.4) is 0 Å². The van der Waals surface area contributed by atoms with Crippen LogP contribution in [0.2, 0.25) is 0 Å². The molecular formula is C24H37O3. The average Bonchev–Trinajstić information content (AvgIpc) is 2.64. The molecule has 1 fully saturated rings. The molecule has 0 N–H and O–H groups in total. The molecule has 0 saturated heterocycles. The summed E-state index contributed by atoms with van der Waals surface area (Å²) in [6.07, 6.45) is 14.1. The fourth-order valence-electron chi connectivity index (χ4n) is 4.03. The Bertz CT molecular complexity index is 592. The van der Waals surface area contributed by atoms with E-state index >= 15 is 0 Å². The smallest absolute Gasteiger partial charge is 0.292 e. The Morgan fingerprint density at radius 1 is 0.593 bits per heavy atom. The molecule has 0 spiro atoms. The Morgan fingerprint density at radius 3 is 1.41 bits per heavy atom. The zero-order valence-corrected chi connectivity index (χ0v) is 18.0. The topological polar surface area (TPSA) is 35.5 Å². The molecule has 2 rings (SSSR count). The van der Waals surface area contributed by atoms with E-state index < -0.39 is 0 Å². The highest BCUT2D eigenvalue weighted by Gasteiger charge is 2.22. The molecule has 0 bridgehead atoms. The molecule has 1 aromatic carbocycles. The van der Waals surface area contributed by atoms with Gasteiger partial charge < -0.3 is 0 Å². The summed E-state index contributed by atoms with van der Waals surface area (Å²) in [5.41, 5.74) is 6.20. The van der Waals surface area contributed by atoms with Gasteiger partial charge >= 0.3 is 5.97 Å². The van der Waals surface area contributed by atoms with Crippen molar-refractivity contribution in [2.45, 2.75) is 105 Å². The van der Waals surface area contributed by atoms with Crippen LogP contribution < -0.4 is 0 Å². The molecule has 3 heteroatoms. The van der Waals surface area contributed by atoms with Crippen molar-refractivity contribution in [1.29, 1.82) is 0 Å². The Kier molecular flexibility index (Phi) is 8.82. The predicted molar refractivity (Wildman–Crippen MR) is 111 cm³/mol. The maximum absolute atomic E-state index is 12.8. The lowest BCUT2D eigenvalue weighted by Gasteiger charge is -2.19. The number of hydrogen-bond acceptors (Lipinski definition) is 3. The lowest BCUT2D eigenvalue weighted by molar-refractivity contribution is -0.237. The minimum absolute atomic E-state index is 0.366. The van der Waals surface area contributed by atoms with E-state index in [1.54, 1.807) is 0 Å². The SMILES string of the molecule is Cc1c(C)c(C)c(C(=O)OO[C]2CCCCCCCCCCC2)c(C)c1C. The van der Waals surface area contributed by atoms with Gasteiger partial charge in [-0.25, -0.2) is 4.79 Å². The van der Waals surface area contributed by atoms with Crippen LogP contribution in [0.4, 0.5) is 0 Å². The van der Waals surface area contributed by atoms with Crippen molar-refractivity contribution in [2.75, 3.05) is 0 Å². The van der Waals surface area contributed by atoms with Crippen molar-refractivity contribution in [3.8, 4) is 0 Å². The lowest BCUT2D eigenvalue weighted by Crippen LogP contribution is -2.15. The normalized spacial score (nSPS) is 17.8. The monoisotopic (exact) mass is 373 g/mol. The van der Waals surface area contributed by atoms with Crippen LogP contribution in [0.15, 0.2) is 0 Å². The van der Waals surface area contributed by atoms with E-state index in [1.807, 2.05) is 13.8 Å². The van der Waals surface area contributed by atoms with Gasteiger partial charge in [-0.3, -0.25) is 4.89 Å². The summed E-state index contributed by atoms with van der Waals surface area (Å²) in [4.78, 5) is 23.7. The van der Waals surface area contributed by atoms with Crippen molar-refractivity contribution < 1.29 is 14.6 Å². The van der Waals surface area contributed by atoms with Crippen LogP contribution in [0, 0.1) is 40.7 Å². The summed E-state index contributed by atoms with van der Waals surface area (Å²) in [6.45, 7) is 10.2. The summed E-state index contributed by atoms with van der Waals surface area (Å²) in [5.74, 6) is -0.366. The highest BCUT2D eigenvalue weighted by Crippen LogP contribution is 2.28. The average molecular weight is 374 g/mol. The van der Waals surface area contributed by atoms with Gasteiger partial charge in [0.25, 0.3) is 0 Å². The number of benzene rings is 1. The van der Waals surface area contributed by atoms with Crippen LogP contribution in [0.5, 0.6) is 0 Å². The van der Waals surface area contributed by atoms with Gasteiger partial charge in [-0.1, -0.05) is 57.8 Å². The van der Waals surface area contributed by atoms with Gasteiger partial charge in [0.1, 0.15) is 6.10 Å². The third kappa shape index (κ3) is 6.07. The zero-order chi connectivity index (χ0) is 19.8. The Morgan fingerprint density at radius 2 is 0.963 bits per heavy atom. The largest absolute Gasteiger partial charge is 0.373 e. The second-order valence-electron chi connectivity index (χ2n) is 8.17. The van der Waals surface area contributed by atoms with Crippen LogP contribution in [0.1, 0.15) is 109 Å². The first-order valence-electron chi connectivity index (χ1n) is 10.7. The third-order valence-electron chi connectivity index (χ3n) is 6.35. The molecule has 27 heavy (non-hydrogen) atoms. The van der Waals surface area contributed by atoms with Crippen molar-refractivity contribution in [3.63, 3.8) is 0 Å². The lowest BCUT2D eigenvalue weighted by atomic mass is 9.90. The molecule has 1 aliphatic carbocycles. The molecule has 1 saturated carbocycles. The molecule has 0 aromatic heterocycles. The predicted octanol–water partition coefficient (Wildman–Crippen LogP) is 7.15. The second-order valence-corrected chi connectivity index (χ2v) is 8.17. The molecule has 1 aliphatic rings. The van der Waals surface area contributed by atoms with Crippen molar-refractivity contribution in [2.24, 2.45) is 0 Å². The maximum atomic E-state index is 12.8. The van der Waals surface area contributed by atoms with Crippen molar-refractivity contribution >= 4 is 5.97 Å². The molecule has 0 atom stereocenters. The van der Waals surface area contributed by atoms with E-state index in [9.17, 15) is 4.79 Å². The number of rotatable bonds is 3. The molecular weight excluding hydrogens is 336 g/mol. The minimum Gasteiger partial charge on any atom is -0.292 e. The third-order valence-corrected chi connectivity index (χ3v) is 6.35. The van der Waals surface area contributed by atoms with Gasteiger partial charge in [0.2, 0.25) is 0 Å². The first kappa shape index (κ1) is 21.9. The fourth-order valence-corrected chi connectivity index (χ4v) is 4.03. The standard InChI is InChI=1S/C24H37O3/c1-17-18(2)20(4)23(21(5)19(17)3)24(25)27-26-22-15-13-11-9-7-6-8-10-12-14-16-22/h6-16H2,1-5H3. The maximum Gasteiger partial charge on any atom is 0.373 e. The second kappa shape index (κ2) is 10.8. The van der Waals surface area contributed by atoms with Crippen LogP contribution in [-0.4, -0.2) is 5.97 Å². The van der Waals surface area contributed by atoms with Gasteiger partial charge in [-0.05, 0) is 75.3 Å². The first-order chi connectivity index (χ1) is 12.9. The minimum atomic E-state index is -0.366.